The van der Waals surface area contributed by atoms with E-state index in [0.29, 0.717) is 50.2 Å². The Morgan fingerprint density at radius 1 is 1.17 bits per heavy atom. The number of nitrogens with one attached hydrogen (secondary N) is 1. The topological polar surface area (TPSA) is 98.4 Å². The highest BCUT2D eigenvalue weighted by molar-refractivity contribution is 5.74. The number of hydrogen-bond acceptors (Lipinski definition) is 8. The molecule has 0 radical (unpaired) electrons. The van der Waals surface area contributed by atoms with Gasteiger partial charge in [0.1, 0.15) is 12.0 Å². The van der Waals surface area contributed by atoms with E-state index in [9.17, 15) is 0 Å². The van der Waals surface area contributed by atoms with Crippen molar-refractivity contribution in [2.75, 3.05) is 56.5 Å². The average molecular weight is 332 g/mol. The number of pyridine rings is 1. The maximum atomic E-state index is 6.27. The molecule has 0 fully saturated rings. The average Bonchev–Trinajstić information content (AvgIpc) is 2.62. The number of hydrogen-bond donors (Lipinski definition) is 2. The zero-order chi connectivity index (χ0) is 17.2. The Balaban J connectivity index is 2.11. The van der Waals surface area contributed by atoms with Crippen LogP contribution in [0.4, 0.5) is 17.3 Å². The van der Waals surface area contributed by atoms with E-state index in [0.717, 1.165) is 5.56 Å². The zero-order valence-corrected chi connectivity index (χ0v) is 14.1. The van der Waals surface area contributed by atoms with Crippen molar-refractivity contribution in [3.05, 3.63) is 36.4 Å². The molecule has 2 rings (SSSR count). The summed E-state index contributed by atoms with van der Waals surface area (Å²) in [5, 5.41) is 3.23. The summed E-state index contributed by atoms with van der Waals surface area (Å²) < 4.78 is 10.3. The van der Waals surface area contributed by atoms with Crippen LogP contribution < -0.4 is 16.0 Å². The van der Waals surface area contributed by atoms with Crippen LogP contribution in [0.3, 0.4) is 0 Å². The van der Waals surface area contributed by atoms with Gasteiger partial charge in [0.2, 0.25) is 0 Å². The van der Waals surface area contributed by atoms with Gasteiger partial charge in [-0.3, -0.25) is 4.98 Å². The second-order valence-corrected chi connectivity index (χ2v) is 5.15. The second kappa shape index (κ2) is 9.64. The van der Waals surface area contributed by atoms with Crippen molar-refractivity contribution in [3.63, 3.8) is 0 Å². The number of ether oxygens (including phenoxy) is 2. The highest BCUT2D eigenvalue weighted by Gasteiger charge is 2.15. The van der Waals surface area contributed by atoms with Crippen molar-refractivity contribution in [3.8, 4) is 0 Å². The van der Waals surface area contributed by atoms with Gasteiger partial charge in [-0.1, -0.05) is 6.07 Å². The Kier molecular flexibility index (Phi) is 7.19. The van der Waals surface area contributed by atoms with Crippen molar-refractivity contribution in [1.29, 1.82) is 0 Å². The molecule has 0 bridgehead atoms. The highest BCUT2D eigenvalue weighted by atomic mass is 16.5. The Morgan fingerprint density at radius 3 is 2.54 bits per heavy atom. The summed E-state index contributed by atoms with van der Waals surface area (Å²) in [6, 6.07) is 3.88. The van der Waals surface area contributed by atoms with Crippen LogP contribution in [0.15, 0.2) is 30.9 Å². The van der Waals surface area contributed by atoms with E-state index in [4.69, 9.17) is 15.2 Å². The normalized spacial score (nSPS) is 10.6. The Labute approximate surface area is 142 Å². The monoisotopic (exact) mass is 332 g/mol. The van der Waals surface area contributed by atoms with Crippen LogP contribution in [0.25, 0.3) is 0 Å². The molecule has 8 nitrogen and oxygen atoms in total. The van der Waals surface area contributed by atoms with Gasteiger partial charge in [-0.2, -0.15) is 0 Å². The number of anilines is 3. The van der Waals surface area contributed by atoms with E-state index in [2.05, 4.69) is 20.3 Å². The van der Waals surface area contributed by atoms with Gasteiger partial charge in [-0.05, 0) is 11.6 Å². The van der Waals surface area contributed by atoms with Gasteiger partial charge in [0.25, 0.3) is 0 Å². The van der Waals surface area contributed by atoms with Crippen LogP contribution >= 0.6 is 0 Å². The molecule has 0 saturated heterocycles. The van der Waals surface area contributed by atoms with Crippen molar-refractivity contribution < 1.29 is 9.47 Å². The molecule has 0 unspecified atom stereocenters. The fourth-order valence-corrected chi connectivity index (χ4v) is 2.19. The van der Waals surface area contributed by atoms with Crippen LogP contribution in [-0.2, 0) is 16.0 Å². The van der Waals surface area contributed by atoms with Crippen molar-refractivity contribution >= 4 is 17.3 Å². The summed E-state index contributed by atoms with van der Waals surface area (Å²) in [4.78, 5) is 14.7. The van der Waals surface area contributed by atoms with Gasteiger partial charge >= 0.3 is 0 Å². The first kappa shape index (κ1) is 17.9. The summed E-state index contributed by atoms with van der Waals surface area (Å²) in [6.07, 6.45) is 5.04. The molecule has 0 aromatic carbocycles. The molecule has 0 amide bonds. The predicted molar refractivity (Wildman–Crippen MR) is 94.0 cm³/mol. The molecular weight excluding hydrogens is 308 g/mol. The number of methoxy groups -OCH3 is 2. The second-order valence-electron chi connectivity index (χ2n) is 5.15. The Hall–Kier alpha value is -2.45. The lowest BCUT2D eigenvalue weighted by Crippen LogP contribution is -2.32. The minimum atomic E-state index is 0.508. The maximum Gasteiger partial charge on any atom is 0.157 e. The minimum absolute atomic E-state index is 0.508. The summed E-state index contributed by atoms with van der Waals surface area (Å²) >= 11 is 0. The van der Waals surface area contributed by atoms with Gasteiger partial charge in [0.05, 0.1) is 13.2 Å². The third-order valence-electron chi connectivity index (χ3n) is 3.48. The van der Waals surface area contributed by atoms with Gasteiger partial charge in [-0.25, -0.2) is 9.97 Å². The van der Waals surface area contributed by atoms with Gasteiger partial charge < -0.3 is 25.4 Å². The third-order valence-corrected chi connectivity index (χ3v) is 3.48. The summed E-state index contributed by atoms with van der Waals surface area (Å²) in [5.41, 5.74) is 7.82. The van der Waals surface area contributed by atoms with Crippen LogP contribution in [-0.4, -0.2) is 55.5 Å². The van der Waals surface area contributed by atoms with Crippen LogP contribution in [0.1, 0.15) is 5.56 Å². The lowest BCUT2D eigenvalue weighted by Gasteiger charge is -2.25. The van der Waals surface area contributed by atoms with E-state index in [1.165, 1.54) is 6.33 Å². The first-order valence-corrected chi connectivity index (χ1v) is 7.72. The standard InChI is InChI=1S/C16H24N6O2/c1-23-8-6-22(7-9-24-2)16-14(17)15(20-12-21-16)19-11-13-4-3-5-18-10-13/h3-5,10,12H,6-9,11,17H2,1-2H3,(H,19,20,21). The summed E-state index contributed by atoms with van der Waals surface area (Å²) in [6.45, 7) is 3.08. The molecule has 0 aliphatic heterocycles. The molecule has 3 N–H and O–H groups in total. The summed E-state index contributed by atoms with van der Waals surface area (Å²) in [7, 11) is 3.33. The van der Waals surface area contributed by atoms with Crippen molar-refractivity contribution in [2.24, 2.45) is 0 Å². The lowest BCUT2D eigenvalue weighted by molar-refractivity contribution is 0.190. The van der Waals surface area contributed by atoms with E-state index in [1.54, 1.807) is 26.6 Å². The first-order valence-electron chi connectivity index (χ1n) is 7.72. The van der Waals surface area contributed by atoms with Crippen LogP contribution in [0, 0.1) is 0 Å². The maximum absolute atomic E-state index is 6.27. The smallest absolute Gasteiger partial charge is 0.157 e. The fraction of sp³-hybridized carbons (Fsp3) is 0.438. The molecule has 0 saturated carbocycles. The predicted octanol–water partition coefficient (Wildman–Crippen LogP) is 1.17. The number of aromatic nitrogens is 3. The minimum Gasteiger partial charge on any atom is -0.393 e. The molecule has 2 heterocycles. The lowest BCUT2D eigenvalue weighted by atomic mass is 10.3. The Bertz CT molecular complexity index is 603. The number of nitrogen functional groups attached to an aromatic ring is 1. The first-order chi connectivity index (χ1) is 11.8. The van der Waals surface area contributed by atoms with Gasteiger partial charge in [-0.15, -0.1) is 0 Å². The van der Waals surface area contributed by atoms with Gasteiger partial charge in [0, 0.05) is 46.2 Å². The Morgan fingerprint density at radius 2 is 1.92 bits per heavy atom. The molecule has 0 spiro atoms. The quantitative estimate of drug-likeness (QED) is 0.669. The molecule has 24 heavy (non-hydrogen) atoms. The molecular formula is C16H24N6O2. The third kappa shape index (κ3) is 5.04. The number of rotatable bonds is 10. The zero-order valence-electron chi connectivity index (χ0n) is 14.1. The summed E-state index contributed by atoms with van der Waals surface area (Å²) in [5.74, 6) is 1.27. The van der Waals surface area contributed by atoms with Gasteiger partial charge in [0.15, 0.2) is 11.6 Å². The number of nitrogens with zero attached hydrogens (tertiary/aromatic N) is 4. The van der Waals surface area contributed by atoms with E-state index in [1.807, 2.05) is 17.0 Å². The van der Waals surface area contributed by atoms with E-state index < -0.39 is 0 Å². The number of nitrogens with two attached hydrogens (primary N) is 1. The van der Waals surface area contributed by atoms with Crippen LogP contribution in [0.2, 0.25) is 0 Å². The molecule has 0 aliphatic rings. The largest absolute Gasteiger partial charge is 0.393 e. The fourth-order valence-electron chi connectivity index (χ4n) is 2.19. The molecule has 130 valence electrons. The van der Waals surface area contributed by atoms with E-state index >= 15 is 0 Å². The SMILES string of the molecule is COCCN(CCOC)c1ncnc(NCc2cccnc2)c1N. The highest BCUT2D eigenvalue weighted by Crippen LogP contribution is 2.26. The molecule has 0 atom stereocenters. The van der Waals surface area contributed by atoms with E-state index in [-0.39, 0.29) is 0 Å². The van der Waals surface area contributed by atoms with Crippen LogP contribution in [0.5, 0.6) is 0 Å². The molecule has 2 aromatic rings. The molecule has 8 heteroatoms. The van der Waals surface area contributed by atoms with Crippen molar-refractivity contribution in [1.82, 2.24) is 15.0 Å². The molecule has 2 aromatic heterocycles. The van der Waals surface area contributed by atoms with Crippen molar-refractivity contribution in [2.45, 2.75) is 6.54 Å². The molecule has 0 aliphatic carbocycles.